The minimum atomic E-state index is -0.0547. The van der Waals surface area contributed by atoms with Crippen LogP contribution < -0.4 is 10.6 Å². The number of hydrogen-bond acceptors (Lipinski definition) is 8. The third kappa shape index (κ3) is 4.01. The van der Waals surface area contributed by atoms with Crippen LogP contribution in [0.5, 0.6) is 0 Å². The molecule has 0 atom stereocenters. The molecule has 2 aromatic heterocycles. The van der Waals surface area contributed by atoms with Crippen molar-refractivity contribution in [2.45, 2.75) is 0 Å². The van der Waals surface area contributed by atoms with Crippen molar-refractivity contribution in [3.8, 4) is 0 Å². The Labute approximate surface area is 130 Å². The fraction of sp³-hybridized carbons (Fsp3) is 0.455. The van der Waals surface area contributed by atoms with E-state index in [-0.39, 0.29) is 17.2 Å². The summed E-state index contributed by atoms with van der Waals surface area (Å²) in [5.41, 5.74) is 0.865. The maximum Gasteiger partial charge on any atom is 0.225 e. The number of nitrogens with one attached hydrogen (secondary N) is 2. The molecular weight excluding hydrogens is 319 g/mol. The Hall–Kier alpha value is -1.48. The van der Waals surface area contributed by atoms with Gasteiger partial charge in [-0.2, -0.15) is 9.97 Å². The molecule has 0 aromatic carbocycles. The molecule has 0 spiro atoms. The molecular formula is C11H14Cl2N6O2. The van der Waals surface area contributed by atoms with Crippen LogP contribution in [0.1, 0.15) is 0 Å². The van der Waals surface area contributed by atoms with Gasteiger partial charge in [0.05, 0.1) is 13.2 Å². The second-order valence-corrected chi connectivity index (χ2v) is 4.63. The van der Waals surface area contributed by atoms with Crippen LogP contribution in [-0.2, 0) is 4.74 Å². The monoisotopic (exact) mass is 332 g/mol. The Bertz CT molecular complexity index is 627. The number of aliphatic hydroxyl groups is 1. The zero-order valence-electron chi connectivity index (χ0n) is 11.2. The Morgan fingerprint density at radius 2 is 1.48 bits per heavy atom. The van der Waals surface area contributed by atoms with E-state index in [1.807, 2.05) is 0 Å². The predicted molar refractivity (Wildman–Crippen MR) is 81.1 cm³/mol. The molecule has 0 fully saturated rings. The lowest BCUT2D eigenvalue weighted by Crippen LogP contribution is -2.12. The quantitative estimate of drug-likeness (QED) is 0.513. The van der Waals surface area contributed by atoms with E-state index < -0.39 is 0 Å². The van der Waals surface area contributed by atoms with Gasteiger partial charge >= 0.3 is 0 Å². The van der Waals surface area contributed by atoms with Crippen molar-refractivity contribution in [2.24, 2.45) is 0 Å². The number of ether oxygens (including phenoxy) is 1. The number of nitrogens with zero attached hydrogens (tertiary/aromatic N) is 4. The summed E-state index contributed by atoms with van der Waals surface area (Å²) in [6.45, 7) is 1.27. The molecule has 0 bridgehead atoms. The van der Waals surface area contributed by atoms with Gasteiger partial charge in [-0.1, -0.05) is 0 Å². The fourth-order valence-electron chi connectivity index (χ4n) is 1.65. The summed E-state index contributed by atoms with van der Waals surface area (Å²) in [6, 6.07) is 0. The van der Waals surface area contributed by atoms with Gasteiger partial charge in [-0.05, 0) is 23.2 Å². The van der Waals surface area contributed by atoms with Crippen molar-refractivity contribution in [1.29, 1.82) is 0 Å². The van der Waals surface area contributed by atoms with Crippen LogP contribution in [-0.4, -0.2) is 58.5 Å². The summed E-state index contributed by atoms with van der Waals surface area (Å²) in [7, 11) is 1.60. The molecule has 2 rings (SSSR count). The van der Waals surface area contributed by atoms with Crippen molar-refractivity contribution in [2.75, 3.05) is 44.0 Å². The molecule has 21 heavy (non-hydrogen) atoms. The van der Waals surface area contributed by atoms with E-state index in [1.54, 1.807) is 7.11 Å². The van der Waals surface area contributed by atoms with Gasteiger partial charge in [0.1, 0.15) is 11.0 Å². The predicted octanol–water partition coefficient (Wildman–Crippen LogP) is 1.19. The maximum atomic E-state index is 8.90. The first kappa shape index (κ1) is 15.9. The van der Waals surface area contributed by atoms with Crippen molar-refractivity contribution in [3.05, 3.63) is 10.6 Å². The first-order valence-corrected chi connectivity index (χ1v) is 6.89. The molecule has 0 aliphatic rings. The van der Waals surface area contributed by atoms with E-state index in [0.717, 1.165) is 0 Å². The van der Waals surface area contributed by atoms with Crippen LogP contribution >= 0.6 is 23.2 Å². The first-order valence-electron chi connectivity index (χ1n) is 6.14. The molecule has 10 heteroatoms. The summed E-state index contributed by atoms with van der Waals surface area (Å²) in [5, 5.41) is 15.0. The van der Waals surface area contributed by atoms with Crippen LogP contribution in [0.25, 0.3) is 11.0 Å². The fourth-order valence-corrected chi connectivity index (χ4v) is 1.99. The first-order chi connectivity index (χ1) is 10.2. The van der Waals surface area contributed by atoms with Gasteiger partial charge in [-0.25, -0.2) is 9.97 Å². The van der Waals surface area contributed by atoms with Crippen LogP contribution in [0.2, 0.25) is 10.6 Å². The van der Waals surface area contributed by atoms with Crippen molar-refractivity contribution >= 4 is 45.9 Å². The average molecular weight is 333 g/mol. The Morgan fingerprint density at radius 3 is 1.95 bits per heavy atom. The van der Waals surface area contributed by atoms with E-state index >= 15 is 0 Å². The highest BCUT2D eigenvalue weighted by atomic mass is 35.5. The highest BCUT2D eigenvalue weighted by Crippen LogP contribution is 2.26. The third-order valence-corrected chi connectivity index (χ3v) is 2.83. The van der Waals surface area contributed by atoms with Crippen molar-refractivity contribution < 1.29 is 9.84 Å². The molecule has 3 N–H and O–H groups in total. The lowest BCUT2D eigenvalue weighted by Gasteiger charge is -2.11. The smallest absolute Gasteiger partial charge is 0.225 e. The van der Waals surface area contributed by atoms with E-state index in [1.165, 1.54) is 0 Å². The largest absolute Gasteiger partial charge is 0.395 e. The van der Waals surface area contributed by atoms with Gasteiger partial charge in [0.15, 0.2) is 11.6 Å². The van der Waals surface area contributed by atoms with Gasteiger partial charge in [-0.15, -0.1) is 0 Å². The van der Waals surface area contributed by atoms with Crippen LogP contribution in [0.15, 0.2) is 0 Å². The molecule has 0 saturated heterocycles. The van der Waals surface area contributed by atoms with E-state index in [9.17, 15) is 0 Å². The van der Waals surface area contributed by atoms with Gasteiger partial charge < -0.3 is 20.5 Å². The van der Waals surface area contributed by atoms with E-state index in [2.05, 4.69) is 30.6 Å². The topological polar surface area (TPSA) is 105 Å². The molecule has 0 unspecified atom stereocenters. The highest BCUT2D eigenvalue weighted by Gasteiger charge is 2.14. The Balaban J connectivity index is 2.46. The summed E-state index contributed by atoms with van der Waals surface area (Å²) >= 11 is 11.8. The SMILES string of the molecule is COCCNc1nc(Cl)nc2c(NCCO)nc(Cl)nc12. The number of fused-ring (bicyclic) bond motifs is 1. The van der Waals surface area contributed by atoms with E-state index in [0.29, 0.717) is 42.4 Å². The zero-order valence-corrected chi connectivity index (χ0v) is 12.7. The Morgan fingerprint density at radius 1 is 0.952 bits per heavy atom. The lowest BCUT2D eigenvalue weighted by molar-refractivity contribution is 0.210. The molecule has 0 saturated carbocycles. The maximum absolute atomic E-state index is 8.90. The van der Waals surface area contributed by atoms with Gasteiger partial charge in [0.2, 0.25) is 10.6 Å². The van der Waals surface area contributed by atoms with Crippen LogP contribution in [0, 0.1) is 0 Å². The lowest BCUT2D eigenvalue weighted by atomic mass is 10.3. The second kappa shape index (κ2) is 7.51. The number of hydrogen-bond donors (Lipinski definition) is 3. The van der Waals surface area contributed by atoms with Gasteiger partial charge in [0.25, 0.3) is 0 Å². The van der Waals surface area contributed by atoms with E-state index in [4.69, 9.17) is 33.0 Å². The summed E-state index contributed by atoms with van der Waals surface area (Å²) < 4.78 is 4.97. The van der Waals surface area contributed by atoms with Crippen molar-refractivity contribution in [1.82, 2.24) is 19.9 Å². The third-order valence-electron chi connectivity index (χ3n) is 2.49. The minimum absolute atomic E-state index is 0.0450. The van der Waals surface area contributed by atoms with Gasteiger partial charge in [-0.3, -0.25) is 0 Å². The molecule has 2 heterocycles. The number of rotatable bonds is 7. The molecule has 114 valence electrons. The zero-order chi connectivity index (χ0) is 15.2. The second-order valence-electron chi connectivity index (χ2n) is 3.95. The number of aromatic nitrogens is 4. The molecule has 0 radical (unpaired) electrons. The average Bonchev–Trinajstić information content (AvgIpc) is 2.45. The minimum Gasteiger partial charge on any atom is -0.395 e. The number of aliphatic hydroxyl groups excluding tert-OH is 1. The highest BCUT2D eigenvalue weighted by molar-refractivity contribution is 6.30. The molecule has 0 aliphatic carbocycles. The van der Waals surface area contributed by atoms with Crippen LogP contribution in [0.3, 0.4) is 0 Å². The standard InChI is InChI=1S/C11H14Cl2N6O2/c1-21-5-3-15-9-7-6(16-11(13)19-9)8(14-2-4-20)18-10(12)17-7/h20H,2-5H2,1H3,(H,14,17,18)(H,15,16,19). The number of methoxy groups -OCH3 is 1. The summed E-state index contributed by atoms with van der Waals surface area (Å²) in [6.07, 6.45) is 0. The molecule has 0 amide bonds. The molecule has 0 aliphatic heterocycles. The number of halogens is 2. The molecule has 2 aromatic rings. The van der Waals surface area contributed by atoms with Crippen molar-refractivity contribution in [3.63, 3.8) is 0 Å². The summed E-state index contributed by atoms with van der Waals surface area (Å²) in [4.78, 5) is 16.4. The number of anilines is 2. The summed E-state index contributed by atoms with van der Waals surface area (Å²) in [5.74, 6) is 0.830. The van der Waals surface area contributed by atoms with Crippen LogP contribution in [0.4, 0.5) is 11.6 Å². The normalized spacial score (nSPS) is 10.9. The van der Waals surface area contributed by atoms with Gasteiger partial charge in [0, 0.05) is 20.2 Å². The Kier molecular flexibility index (Phi) is 5.68. The molecule has 8 nitrogen and oxygen atoms in total.